The van der Waals surface area contributed by atoms with E-state index < -0.39 is 0 Å². The topological polar surface area (TPSA) is 46.3 Å². The molecule has 11 heavy (non-hydrogen) atoms. The van der Waals surface area contributed by atoms with E-state index in [0.717, 1.165) is 17.9 Å². The summed E-state index contributed by atoms with van der Waals surface area (Å²) < 4.78 is 5.02. The number of aliphatic hydroxyl groups excluding tert-OH is 1. The highest BCUT2D eigenvalue weighted by Gasteiger charge is 2.09. The van der Waals surface area contributed by atoms with Gasteiger partial charge in [0.1, 0.15) is 5.76 Å². The van der Waals surface area contributed by atoms with Gasteiger partial charge in [0, 0.05) is 18.6 Å². The van der Waals surface area contributed by atoms with Crippen molar-refractivity contribution in [3.8, 4) is 0 Å². The van der Waals surface area contributed by atoms with Crippen molar-refractivity contribution in [2.75, 3.05) is 6.61 Å². The van der Waals surface area contributed by atoms with Gasteiger partial charge >= 0.3 is 0 Å². The molecule has 1 heterocycles. The molecular weight excluding hydrogens is 142 g/mol. The zero-order valence-electron chi connectivity index (χ0n) is 6.87. The second kappa shape index (κ2) is 3.53. The monoisotopic (exact) mass is 155 g/mol. The molecule has 0 aliphatic carbocycles. The van der Waals surface area contributed by atoms with Crippen molar-refractivity contribution in [2.45, 2.75) is 26.2 Å². The molecule has 0 radical (unpaired) electrons. The summed E-state index contributed by atoms with van der Waals surface area (Å²) in [4.78, 5) is 0. The second-order valence-electron chi connectivity index (χ2n) is 2.78. The predicted octanol–water partition coefficient (Wildman–Crippen LogP) is 1.47. The van der Waals surface area contributed by atoms with E-state index in [1.54, 1.807) is 0 Å². The van der Waals surface area contributed by atoms with E-state index in [2.05, 4.69) is 5.16 Å². The van der Waals surface area contributed by atoms with Gasteiger partial charge in [-0.25, -0.2) is 0 Å². The van der Waals surface area contributed by atoms with Crippen LogP contribution in [0.2, 0.25) is 0 Å². The van der Waals surface area contributed by atoms with Crippen molar-refractivity contribution < 1.29 is 9.63 Å². The molecule has 0 aliphatic rings. The summed E-state index contributed by atoms with van der Waals surface area (Å²) in [5, 5.41) is 12.4. The van der Waals surface area contributed by atoms with E-state index in [9.17, 15) is 0 Å². The largest absolute Gasteiger partial charge is 0.396 e. The lowest BCUT2D eigenvalue weighted by Crippen LogP contribution is -1.94. The molecule has 1 aromatic rings. The molecule has 0 amide bonds. The van der Waals surface area contributed by atoms with Crippen molar-refractivity contribution in [1.82, 2.24) is 5.16 Å². The van der Waals surface area contributed by atoms with Gasteiger partial charge in [-0.05, 0) is 13.3 Å². The number of hydrogen-bond acceptors (Lipinski definition) is 3. The molecule has 1 atom stereocenters. The van der Waals surface area contributed by atoms with Crippen LogP contribution in [-0.2, 0) is 0 Å². The third kappa shape index (κ3) is 2.05. The van der Waals surface area contributed by atoms with Crippen LogP contribution >= 0.6 is 0 Å². The maximum atomic E-state index is 8.64. The van der Waals surface area contributed by atoms with Gasteiger partial charge in [-0.1, -0.05) is 12.1 Å². The van der Waals surface area contributed by atoms with Gasteiger partial charge in [0.05, 0.1) is 5.69 Å². The van der Waals surface area contributed by atoms with Crippen LogP contribution in [0.4, 0.5) is 0 Å². The second-order valence-corrected chi connectivity index (χ2v) is 2.78. The molecule has 0 spiro atoms. The van der Waals surface area contributed by atoms with Gasteiger partial charge in [0.2, 0.25) is 0 Å². The number of aromatic nitrogens is 1. The van der Waals surface area contributed by atoms with Gasteiger partial charge in [0.15, 0.2) is 0 Å². The van der Waals surface area contributed by atoms with Crippen LogP contribution in [0.15, 0.2) is 10.6 Å². The van der Waals surface area contributed by atoms with Crippen LogP contribution in [0.25, 0.3) is 0 Å². The van der Waals surface area contributed by atoms with Gasteiger partial charge in [-0.2, -0.15) is 0 Å². The molecule has 1 rings (SSSR count). The first-order chi connectivity index (χ1) is 5.24. The van der Waals surface area contributed by atoms with E-state index in [1.807, 2.05) is 19.9 Å². The van der Waals surface area contributed by atoms with Crippen LogP contribution in [0, 0.1) is 6.92 Å². The third-order valence-electron chi connectivity index (χ3n) is 1.69. The standard InChI is InChI=1S/C8H13NO2/c1-6(3-4-10)8-5-7(2)9-11-8/h5-6,10H,3-4H2,1-2H3. The SMILES string of the molecule is Cc1cc(C(C)CCO)on1. The quantitative estimate of drug-likeness (QED) is 0.719. The van der Waals surface area contributed by atoms with Crippen molar-refractivity contribution >= 4 is 0 Å². The number of aryl methyl sites for hydroxylation is 1. The van der Waals surface area contributed by atoms with Crippen LogP contribution in [-0.4, -0.2) is 16.9 Å². The Morgan fingerprint density at radius 3 is 2.91 bits per heavy atom. The average Bonchev–Trinajstić information content (AvgIpc) is 2.36. The number of nitrogens with zero attached hydrogens (tertiary/aromatic N) is 1. The Bertz CT molecular complexity index is 220. The fourth-order valence-corrected chi connectivity index (χ4v) is 0.951. The molecule has 1 unspecified atom stereocenters. The highest BCUT2D eigenvalue weighted by molar-refractivity contribution is 5.07. The summed E-state index contributed by atoms with van der Waals surface area (Å²) in [5.74, 6) is 1.12. The molecule has 0 saturated carbocycles. The van der Waals surface area contributed by atoms with E-state index >= 15 is 0 Å². The van der Waals surface area contributed by atoms with Gasteiger partial charge in [0.25, 0.3) is 0 Å². The van der Waals surface area contributed by atoms with E-state index in [1.165, 1.54) is 0 Å². The molecule has 0 aliphatic heterocycles. The number of aliphatic hydroxyl groups is 1. The Balaban J connectivity index is 2.60. The van der Waals surface area contributed by atoms with Crippen molar-refractivity contribution in [3.05, 3.63) is 17.5 Å². The lowest BCUT2D eigenvalue weighted by molar-refractivity contribution is 0.264. The molecule has 0 bridgehead atoms. The van der Waals surface area contributed by atoms with Crippen molar-refractivity contribution in [2.24, 2.45) is 0 Å². The minimum Gasteiger partial charge on any atom is -0.396 e. The maximum absolute atomic E-state index is 8.64. The first kappa shape index (κ1) is 8.27. The van der Waals surface area contributed by atoms with Crippen molar-refractivity contribution in [1.29, 1.82) is 0 Å². The van der Waals surface area contributed by atoms with Crippen LogP contribution in [0.5, 0.6) is 0 Å². The molecule has 0 aromatic carbocycles. The Kier molecular flexibility index (Phi) is 2.65. The number of hydrogen-bond donors (Lipinski definition) is 1. The van der Waals surface area contributed by atoms with Crippen molar-refractivity contribution in [3.63, 3.8) is 0 Å². The van der Waals surface area contributed by atoms with Crippen LogP contribution in [0.1, 0.15) is 30.7 Å². The summed E-state index contributed by atoms with van der Waals surface area (Å²) in [6.07, 6.45) is 0.731. The smallest absolute Gasteiger partial charge is 0.139 e. The summed E-state index contributed by atoms with van der Waals surface area (Å²) in [7, 11) is 0. The van der Waals surface area contributed by atoms with Gasteiger partial charge < -0.3 is 9.63 Å². The normalized spacial score (nSPS) is 13.4. The fraction of sp³-hybridized carbons (Fsp3) is 0.625. The predicted molar refractivity (Wildman–Crippen MR) is 41.4 cm³/mol. The Morgan fingerprint density at radius 1 is 1.73 bits per heavy atom. The van der Waals surface area contributed by atoms with Gasteiger partial charge in [-0.3, -0.25) is 0 Å². The first-order valence-electron chi connectivity index (χ1n) is 3.78. The fourth-order valence-electron chi connectivity index (χ4n) is 0.951. The molecule has 3 nitrogen and oxygen atoms in total. The summed E-state index contributed by atoms with van der Waals surface area (Å²) in [5.41, 5.74) is 0.893. The maximum Gasteiger partial charge on any atom is 0.139 e. The molecule has 0 fully saturated rings. The Labute approximate surface area is 66.0 Å². The summed E-state index contributed by atoms with van der Waals surface area (Å²) in [6.45, 7) is 4.09. The van der Waals surface area contributed by atoms with Crippen LogP contribution < -0.4 is 0 Å². The zero-order chi connectivity index (χ0) is 8.27. The minimum absolute atomic E-state index is 0.195. The summed E-state index contributed by atoms with van der Waals surface area (Å²) >= 11 is 0. The molecule has 1 N–H and O–H groups in total. The van der Waals surface area contributed by atoms with E-state index in [0.29, 0.717) is 0 Å². The first-order valence-corrected chi connectivity index (χ1v) is 3.78. The molecule has 62 valence electrons. The lowest BCUT2D eigenvalue weighted by atomic mass is 10.1. The average molecular weight is 155 g/mol. The minimum atomic E-state index is 0.195. The molecule has 3 heteroatoms. The van der Waals surface area contributed by atoms with Crippen LogP contribution in [0.3, 0.4) is 0 Å². The zero-order valence-corrected chi connectivity index (χ0v) is 6.87. The molecule has 0 saturated heterocycles. The highest BCUT2D eigenvalue weighted by Crippen LogP contribution is 2.18. The van der Waals surface area contributed by atoms with Gasteiger partial charge in [-0.15, -0.1) is 0 Å². The molecular formula is C8H13NO2. The van der Waals surface area contributed by atoms with E-state index in [-0.39, 0.29) is 12.5 Å². The third-order valence-corrected chi connectivity index (χ3v) is 1.69. The number of rotatable bonds is 3. The van der Waals surface area contributed by atoms with E-state index in [4.69, 9.17) is 9.63 Å². The molecule has 1 aromatic heterocycles. The highest BCUT2D eigenvalue weighted by atomic mass is 16.5. The lowest BCUT2D eigenvalue weighted by Gasteiger charge is -2.02. The Morgan fingerprint density at radius 2 is 2.45 bits per heavy atom. The Hall–Kier alpha value is -0.830. The summed E-state index contributed by atoms with van der Waals surface area (Å²) in [6, 6.07) is 1.90.